The predicted molar refractivity (Wildman–Crippen MR) is 63.7 cm³/mol. The zero-order valence-corrected chi connectivity index (χ0v) is 9.88. The van der Waals surface area contributed by atoms with Crippen LogP contribution in [0, 0.1) is 0 Å². The Labute approximate surface area is 92.3 Å². The third-order valence-electron chi connectivity index (χ3n) is 1.89. The molecule has 76 valence electrons. The van der Waals surface area contributed by atoms with Crippen LogP contribution in [0.15, 0.2) is 27.7 Å². The molecule has 3 nitrogen and oxygen atoms in total. The lowest BCUT2D eigenvalue weighted by Crippen LogP contribution is -2.21. The van der Waals surface area contributed by atoms with Gasteiger partial charge in [-0.2, -0.15) is 0 Å². The van der Waals surface area contributed by atoms with Crippen LogP contribution in [0.4, 0.5) is 5.69 Å². The molecule has 4 heteroatoms. The Morgan fingerprint density at radius 1 is 1.36 bits per heavy atom. The van der Waals surface area contributed by atoms with E-state index in [0.717, 1.165) is 10.2 Å². The molecule has 0 aliphatic carbocycles. The van der Waals surface area contributed by atoms with Crippen molar-refractivity contribution < 1.29 is 0 Å². The molecule has 0 aromatic heterocycles. The number of nitrogens with zero attached hydrogens (tertiary/aromatic N) is 1. The van der Waals surface area contributed by atoms with E-state index in [0.29, 0.717) is 5.92 Å². The number of hydrogen-bond donors (Lipinski definition) is 2. The van der Waals surface area contributed by atoms with E-state index >= 15 is 0 Å². The number of nitrogens with two attached hydrogens (primary N) is 2. The third-order valence-corrected chi connectivity index (χ3v) is 2.52. The molecule has 0 saturated carbocycles. The zero-order valence-electron chi connectivity index (χ0n) is 8.29. The normalized spacial score (nSPS) is 10.3. The highest BCUT2D eigenvalue weighted by Crippen LogP contribution is 2.28. The van der Waals surface area contributed by atoms with Gasteiger partial charge < -0.3 is 11.5 Å². The SMILES string of the molecule is CC(C)c1ccc(N=C(N)N)c(Br)c1. The molecule has 0 fully saturated rings. The summed E-state index contributed by atoms with van der Waals surface area (Å²) in [6.07, 6.45) is 0. The second-order valence-corrected chi connectivity index (χ2v) is 4.26. The number of halogens is 1. The molecule has 1 aromatic rings. The van der Waals surface area contributed by atoms with Gasteiger partial charge in [-0.1, -0.05) is 19.9 Å². The van der Waals surface area contributed by atoms with E-state index in [4.69, 9.17) is 11.5 Å². The van der Waals surface area contributed by atoms with E-state index in [9.17, 15) is 0 Å². The van der Waals surface area contributed by atoms with Gasteiger partial charge in [0.1, 0.15) is 0 Å². The van der Waals surface area contributed by atoms with Crippen molar-refractivity contribution in [3.63, 3.8) is 0 Å². The molecule has 0 atom stereocenters. The minimum atomic E-state index is 0.0722. The molecule has 0 amide bonds. The number of aliphatic imine (C=N–C) groups is 1. The molecule has 14 heavy (non-hydrogen) atoms. The molecule has 0 saturated heterocycles. The van der Waals surface area contributed by atoms with E-state index in [2.05, 4.69) is 34.8 Å². The van der Waals surface area contributed by atoms with Crippen molar-refractivity contribution >= 4 is 27.6 Å². The Hall–Kier alpha value is -1.03. The first kappa shape index (κ1) is 11.0. The van der Waals surface area contributed by atoms with Gasteiger partial charge in [-0.25, -0.2) is 4.99 Å². The van der Waals surface area contributed by atoms with Gasteiger partial charge in [-0.05, 0) is 39.5 Å². The molecule has 0 unspecified atom stereocenters. The number of rotatable bonds is 2. The van der Waals surface area contributed by atoms with Crippen LogP contribution < -0.4 is 11.5 Å². The highest BCUT2D eigenvalue weighted by Gasteiger charge is 2.03. The van der Waals surface area contributed by atoms with Gasteiger partial charge in [0.2, 0.25) is 0 Å². The Balaban J connectivity index is 3.08. The molecular weight excluding hydrogens is 242 g/mol. The highest BCUT2D eigenvalue weighted by atomic mass is 79.9. The van der Waals surface area contributed by atoms with Gasteiger partial charge in [0.15, 0.2) is 5.96 Å². The van der Waals surface area contributed by atoms with Crippen molar-refractivity contribution in [2.45, 2.75) is 19.8 Å². The van der Waals surface area contributed by atoms with Crippen molar-refractivity contribution in [1.82, 2.24) is 0 Å². The van der Waals surface area contributed by atoms with Gasteiger partial charge in [-0.3, -0.25) is 0 Å². The maximum absolute atomic E-state index is 5.30. The van der Waals surface area contributed by atoms with Crippen LogP contribution in [-0.2, 0) is 0 Å². The van der Waals surface area contributed by atoms with E-state index < -0.39 is 0 Å². The summed E-state index contributed by atoms with van der Waals surface area (Å²) >= 11 is 3.43. The van der Waals surface area contributed by atoms with Crippen molar-refractivity contribution in [1.29, 1.82) is 0 Å². The van der Waals surface area contributed by atoms with Crippen LogP contribution in [0.3, 0.4) is 0 Å². The summed E-state index contributed by atoms with van der Waals surface area (Å²) in [5.41, 5.74) is 12.6. The fraction of sp³-hybridized carbons (Fsp3) is 0.300. The van der Waals surface area contributed by atoms with Crippen molar-refractivity contribution in [2.75, 3.05) is 0 Å². The van der Waals surface area contributed by atoms with Crippen LogP contribution in [-0.4, -0.2) is 5.96 Å². The number of hydrogen-bond acceptors (Lipinski definition) is 1. The van der Waals surface area contributed by atoms with Crippen molar-refractivity contribution in [3.05, 3.63) is 28.2 Å². The molecular formula is C10H14BrN3. The van der Waals surface area contributed by atoms with E-state index in [1.807, 2.05) is 18.2 Å². The first-order valence-corrected chi connectivity index (χ1v) is 5.19. The minimum absolute atomic E-state index is 0.0722. The first-order valence-electron chi connectivity index (χ1n) is 4.39. The second-order valence-electron chi connectivity index (χ2n) is 3.40. The molecule has 1 rings (SSSR count). The monoisotopic (exact) mass is 255 g/mol. The lowest BCUT2D eigenvalue weighted by molar-refractivity contribution is 0.866. The van der Waals surface area contributed by atoms with E-state index in [-0.39, 0.29) is 5.96 Å². The first-order chi connectivity index (χ1) is 6.50. The summed E-state index contributed by atoms with van der Waals surface area (Å²) in [5.74, 6) is 0.572. The summed E-state index contributed by atoms with van der Waals surface area (Å²) in [5, 5.41) is 0. The molecule has 4 N–H and O–H groups in total. The molecule has 0 spiro atoms. The average molecular weight is 256 g/mol. The fourth-order valence-corrected chi connectivity index (χ4v) is 1.60. The fourth-order valence-electron chi connectivity index (χ4n) is 1.11. The highest BCUT2D eigenvalue weighted by molar-refractivity contribution is 9.10. The Bertz CT molecular complexity index is 354. The minimum Gasteiger partial charge on any atom is -0.370 e. The number of benzene rings is 1. The predicted octanol–water partition coefficient (Wildman–Crippen LogP) is 2.48. The summed E-state index contributed by atoms with van der Waals surface area (Å²) in [7, 11) is 0. The lowest BCUT2D eigenvalue weighted by Gasteiger charge is -2.07. The lowest BCUT2D eigenvalue weighted by atomic mass is 10.0. The van der Waals surface area contributed by atoms with Gasteiger partial charge in [-0.15, -0.1) is 0 Å². The van der Waals surface area contributed by atoms with E-state index in [1.165, 1.54) is 5.56 Å². The smallest absolute Gasteiger partial charge is 0.191 e. The molecule has 1 aromatic carbocycles. The van der Waals surface area contributed by atoms with Crippen LogP contribution in [0.5, 0.6) is 0 Å². The summed E-state index contributed by atoms with van der Waals surface area (Å²) in [6.45, 7) is 4.28. The Morgan fingerprint density at radius 2 is 2.00 bits per heavy atom. The second kappa shape index (κ2) is 4.46. The van der Waals surface area contributed by atoms with Gasteiger partial charge >= 0.3 is 0 Å². The Morgan fingerprint density at radius 3 is 2.43 bits per heavy atom. The molecule has 0 bridgehead atoms. The largest absolute Gasteiger partial charge is 0.370 e. The number of guanidine groups is 1. The Kier molecular flexibility index (Phi) is 3.52. The third kappa shape index (κ3) is 2.73. The quantitative estimate of drug-likeness (QED) is 0.630. The zero-order chi connectivity index (χ0) is 10.7. The van der Waals surface area contributed by atoms with Crippen LogP contribution in [0.2, 0.25) is 0 Å². The molecule has 0 heterocycles. The summed E-state index contributed by atoms with van der Waals surface area (Å²) < 4.78 is 0.914. The van der Waals surface area contributed by atoms with E-state index in [1.54, 1.807) is 0 Å². The van der Waals surface area contributed by atoms with Crippen LogP contribution in [0.1, 0.15) is 25.3 Å². The molecule has 0 aliphatic rings. The van der Waals surface area contributed by atoms with Crippen LogP contribution in [0.25, 0.3) is 0 Å². The van der Waals surface area contributed by atoms with Crippen molar-refractivity contribution in [3.8, 4) is 0 Å². The molecule has 0 aliphatic heterocycles. The maximum atomic E-state index is 5.30. The van der Waals surface area contributed by atoms with Crippen molar-refractivity contribution in [2.24, 2.45) is 16.5 Å². The average Bonchev–Trinajstić information content (AvgIpc) is 2.07. The van der Waals surface area contributed by atoms with Gasteiger partial charge in [0.25, 0.3) is 0 Å². The summed E-state index contributed by atoms with van der Waals surface area (Å²) in [6, 6.07) is 5.96. The molecule has 0 radical (unpaired) electrons. The summed E-state index contributed by atoms with van der Waals surface area (Å²) in [4.78, 5) is 3.98. The topological polar surface area (TPSA) is 64.4 Å². The standard InChI is InChI=1S/C10H14BrN3/c1-6(2)7-3-4-9(8(11)5-7)14-10(12)13/h3-6H,1-2H3,(H4,12,13,14). The van der Waals surface area contributed by atoms with Gasteiger partial charge in [0.05, 0.1) is 5.69 Å². The van der Waals surface area contributed by atoms with Crippen LogP contribution >= 0.6 is 15.9 Å². The maximum Gasteiger partial charge on any atom is 0.191 e. The van der Waals surface area contributed by atoms with Gasteiger partial charge in [0, 0.05) is 4.47 Å².